The van der Waals surface area contributed by atoms with Gasteiger partial charge in [0.15, 0.2) is 0 Å². The van der Waals surface area contributed by atoms with E-state index in [4.69, 9.17) is 0 Å². The zero-order valence-electron chi connectivity index (χ0n) is 18.1. The second kappa shape index (κ2) is 12.1. The van der Waals surface area contributed by atoms with Crippen molar-refractivity contribution in [2.75, 3.05) is 18.0 Å². The second-order valence-corrected chi connectivity index (χ2v) is 7.33. The maximum absolute atomic E-state index is 13.9. The summed E-state index contributed by atoms with van der Waals surface area (Å²) in [5, 5.41) is 2.38. The van der Waals surface area contributed by atoms with Crippen LogP contribution in [0.1, 0.15) is 57.4 Å². The lowest BCUT2D eigenvalue weighted by atomic mass is 10.0. The number of hydrogen-bond acceptors (Lipinski definition) is 2. The van der Waals surface area contributed by atoms with Gasteiger partial charge in [0.2, 0.25) is 5.92 Å². The third-order valence-electron chi connectivity index (χ3n) is 4.92. The lowest BCUT2D eigenvalue weighted by Gasteiger charge is -2.31. The predicted octanol–water partition coefficient (Wildman–Crippen LogP) is 6.78. The molecule has 0 aliphatic rings. The fraction of sp³-hybridized carbons (Fsp3) is 0.500. The summed E-state index contributed by atoms with van der Waals surface area (Å²) in [6.45, 7) is 12.4. The number of anilines is 1. The van der Waals surface area contributed by atoms with Crippen LogP contribution >= 0.6 is 13.5 Å². The number of nitrogens with zero attached hydrogens (tertiary/aromatic N) is 1. The molecule has 0 aromatic heterocycles. The number of allylic oxidation sites excluding steroid dienone is 1. The number of rotatable bonds is 11. The Morgan fingerprint density at radius 3 is 2.35 bits per heavy atom. The molecule has 0 spiro atoms. The standard InChI is InChI=1S/C22H29F5N2O.H2S.H2/c1-6-15(4)14-29(12-11-21(23,24)8-3)19-10-9-17(22(25,26)27)13-18(19)20(30)28-16(5)7-2;;/h7,9-10,13,15H,2,5-6,8,11-12,14H2,1,3-4H3,(H,28,30);1H2;1H. The number of halogens is 5. The minimum absolute atomic E-state index is 0. The quantitative estimate of drug-likeness (QED) is 0.287. The molecule has 1 amide bonds. The van der Waals surface area contributed by atoms with Crippen LogP contribution in [0.15, 0.2) is 43.1 Å². The molecule has 1 aromatic carbocycles. The van der Waals surface area contributed by atoms with Gasteiger partial charge in [-0.05, 0) is 30.2 Å². The summed E-state index contributed by atoms with van der Waals surface area (Å²) >= 11 is 0. The first-order valence-electron chi connectivity index (χ1n) is 9.81. The molecule has 1 atom stereocenters. The summed E-state index contributed by atoms with van der Waals surface area (Å²) in [4.78, 5) is 14.2. The molecule has 1 aromatic rings. The molecule has 0 heterocycles. The van der Waals surface area contributed by atoms with E-state index < -0.39 is 30.0 Å². The van der Waals surface area contributed by atoms with Gasteiger partial charge in [-0.25, -0.2) is 8.78 Å². The van der Waals surface area contributed by atoms with Crippen LogP contribution in [0.25, 0.3) is 0 Å². The lowest BCUT2D eigenvalue weighted by molar-refractivity contribution is -0.137. The van der Waals surface area contributed by atoms with Crippen molar-refractivity contribution in [3.05, 3.63) is 54.3 Å². The van der Waals surface area contributed by atoms with Gasteiger partial charge in [0.05, 0.1) is 11.1 Å². The molecule has 0 saturated carbocycles. The van der Waals surface area contributed by atoms with Crippen LogP contribution in [0.3, 0.4) is 0 Å². The Morgan fingerprint density at radius 1 is 1.26 bits per heavy atom. The zero-order chi connectivity index (χ0) is 23.1. The first kappa shape index (κ1) is 29.0. The zero-order valence-corrected chi connectivity index (χ0v) is 19.1. The highest BCUT2D eigenvalue weighted by atomic mass is 32.1. The molecule has 0 bridgehead atoms. The van der Waals surface area contributed by atoms with Crippen LogP contribution < -0.4 is 10.2 Å². The maximum atomic E-state index is 13.9. The van der Waals surface area contributed by atoms with Crippen molar-refractivity contribution in [2.45, 2.75) is 52.1 Å². The molecular formula is C22H33F5N2OS. The van der Waals surface area contributed by atoms with Crippen LogP contribution in [0.5, 0.6) is 0 Å². The van der Waals surface area contributed by atoms with Crippen LogP contribution in [0.2, 0.25) is 0 Å². The molecule has 1 unspecified atom stereocenters. The average molecular weight is 469 g/mol. The van der Waals surface area contributed by atoms with Crippen molar-refractivity contribution < 1.29 is 28.2 Å². The monoisotopic (exact) mass is 468 g/mol. The summed E-state index contributed by atoms with van der Waals surface area (Å²) in [5.74, 6) is -3.63. The minimum Gasteiger partial charge on any atom is -0.370 e. The molecule has 1 N–H and O–H groups in total. The van der Waals surface area contributed by atoms with Crippen molar-refractivity contribution in [3.63, 3.8) is 0 Å². The summed E-state index contributed by atoms with van der Waals surface area (Å²) in [6.07, 6.45) is -3.47. The Labute approximate surface area is 189 Å². The van der Waals surface area contributed by atoms with Gasteiger partial charge in [-0.15, -0.1) is 0 Å². The number of carbonyl (C=O) groups is 1. The van der Waals surface area contributed by atoms with Gasteiger partial charge in [0.1, 0.15) is 0 Å². The van der Waals surface area contributed by atoms with E-state index in [-0.39, 0.29) is 50.8 Å². The molecule has 9 heteroatoms. The lowest BCUT2D eigenvalue weighted by Crippen LogP contribution is -2.35. The number of alkyl halides is 5. The number of carbonyl (C=O) groups excluding carboxylic acids is 1. The van der Waals surface area contributed by atoms with Gasteiger partial charge in [-0.3, -0.25) is 4.79 Å². The van der Waals surface area contributed by atoms with Gasteiger partial charge >= 0.3 is 6.18 Å². The molecule has 1 rings (SSSR count). The number of benzene rings is 1. The van der Waals surface area contributed by atoms with Crippen molar-refractivity contribution in [1.82, 2.24) is 5.32 Å². The van der Waals surface area contributed by atoms with Gasteiger partial charge in [0.25, 0.3) is 5.91 Å². The summed E-state index contributed by atoms with van der Waals surface area (Å²) in [6, 6.07) is 2.76. The van der Waals surface area contributed by atoms with Crippen LogP contribution in [0, 0.1) is 5.92 Å². The molecule has 178 valence electrons. The number of hydrogen-bond donors (Lipinski definition) is 1. The number of amides is 1. The van der Waals surface area contributed by atoms with Gasteiger partial charge in [-0.1, -0.05) is 40.3 Å². The smallest absolute Gasteiger partial charge is 0.370 e. The van der Waals surface area contributed by atoms with Crippen LogP contribution in [0.4, 0.5) is 27.6 Å². The third kappa shape index (κ3) is 8.93. The molecule has 0 fully saturated rings. The minimum atomic E-state index is -4.65. The van der Waals surface area contributed by atoms with E-state index in [0.29, 0.717) is 6.54 Å². The van der Waals surface area contributed by atoms with E-state index in [1.54, 1.807) is 4.90 Å². The second-order valence-electron chi connectivity index (χ2n) is 7.33. The van der Waals surface area contributed by atoms with Crippen LogP contribution in [-0.2, 0) is 6.18 Å². The van der Waals surface area contributed by atoms with E-state index in [1.165, 1.54) is 19.1 Å². The Balaban J connectivity index is 0. The normalized spacial score (nSPS) is 12.5. The fourth-order valence-electron chi connectivity index (χ4n) is 2.72. The first-order chi connectivity index (χ1) is 13.8. The van der Waals surface area contributed by atoms with Crippen molar-refractivity contribution in [1.29, 1.82) is 0 Å². The molecular weight excluding hydrogens is 435 g/mol. The van der Waals surface area contributed by atoms with Crippen LogP contribution in [-0.4, -0.2) is 24.9 Å². The highest BCUT2D eigenvalue weighted by Crippen LogP contribution is 2.34. The van der Waals surface area contributed by atoms with Gasteiger partial charge in [-0.2, -0.15) is 26.7 Å². The first-order valence-corrected chi connectivity index (χ1v) is 9.81. The Bertz CT molecular complexity index is 771. The van der Waals surface area contributed by atoms with E-state index in [2.05, 4.69) is 18.5 Å². The summed E-state index contributed by atoms with van der Waals surface area (Å²) in [5.41, 5.74) is -0.960. The average Bonchev–Trinajstić information content (AvgIpc) is 2.69. The summed E-state index contributed by atoms with van der Waals surface area (Å²) in [7, 11) is 0. The Kier molecular flexibility index (Phi) is 11.3. The molecule has 0 saturated heterocycles. The molecule has 0 radical (unpaired) electrons. The highest BCUT2D eigenvalue weighted by molar-refractivity contribution is 7.59. The maximum Gasteiger partial charge on any atom is 0.416 e. The molecule has 3 nitrogen and oxygen atoms in total. The topological polar surface area (TPSA) is 32.3 Å². The highest BCUT2D eigenvalue weighted by Gasteiger charge is 2.33. The van der Waals surface area contributed by atoms with Crippen molar-refractivity contribution in [3.8, 4) is 0 Å². The van der Waals surface area contributed by atoms with Crippen molar-refractivity contribution >= 4 is 25.1 Å². The van der Waals surface area contributed by atoms with Gasteiger partial charge < -0.3 is 10.2 Å². The largest absolute Gasteiger partial charge is 0.416 e. The predicted molar refractivity (Wildman–Crippen MR) is 122 cm³/mol. The SMILES string of the molecule is C=CC(=C)NC(=O)c1cc(C(F)(F)F)ccc1N(CCC(F)(F)CC)CC(C)CC.S.[HH]. The van der Waals surface area contributed by atoms with E-state index in [1.807, 2.05) is 13.8 Å². The van der Waals surface area contributed by atoms with E-state index in [0.717, 1.165) is 18.6 Å². The Morgan fingerprint density at radius 2 is 1.87 bits per heavy atom. The molecule has 31 heavy (non-hydrogen) atoms. The van der Waals surface area contributed by atoms with E-state index in [9.17, 15) is 26.7 Å². The third-order valence-corrected chi connectivity index (χ3v) is 4.92. The fourth-order valence-corrected chi connectivity index (χ4v) is 2.72. The van der Waals surface area contributed by atoms with Gasteiger partial charge in [0, 0.05) is 38.7 Å². The Hall–Kier alpha value is -2.03. The van der Waals surface area contributed by atoms with Crippen molar-refractivity contribution in [2.24, 2.45) is 5.92 Å². The van der Waals surface area contributed by atoms with E-state index >= 15 is 0 Å². The molecule has 0 aliphatic heterocycles. The number of nitrogens with one attached hydrogen (secondary N) is 1. The molecule has 0 aliphatic carbocycles. The summed E-state index contributed by atoms with van der Waals surface area (Å²) < 4.78 is 67.4.